The molecule has 0 radical (unpaired) electrons. The summed E-state index contributed by atoms with van der Waals surface area (Å²) in [5, 5.41) is 20.8. The molecule has 4 rings (SSSR count). The molecule has 0 saturated carbocycles. The van der Waals surface area contributed by atoms with Crippen molar-refractivity contribution in [2.45, 2.75) is 39.5 Å². The van der Waals surface area contributed by atoms with Crippen LogP contribution in [0.25, 0.3) is 0 Å². The highest BCUT2D eigenvalue weighted by Gasteiger charge is 2.45. The zero-order valence-electron chi connectivity index (χ0n) is 18.1. The molecule has 8 nitrogen and oxygen atoms in total. The normalized spacial score (nSPS) is 20.1. The Labute approximate surface area is 185 Å². The van der Waals surface area contributed by atoms with E-state index < -0.39 is 11.8 Å². The summed E-state index contributed by atoms with van der Waals surface area (Å²) < 4.78 is 5.79. The number of carbonyl (C=O) groups is 2. The molecule has 2 heterocycles. The van der Waals surface area contributed by atoms with Crippen LogP contribution >= 0.6 is 0 Å². The number of nitrogens with one attached hydrogen (secondary N) is 1. The van der Waals surface area contributed by atoms with Crippen molar-refractivity contribution in [2.24, 2.45) is 11.1 Å². The number of hydrogen-bond donors (Lipinski definition) is 3. The summed E-state index contributed by atoms with van der Waals surface area (Å²) in [5.74, 6) is -0.125. The average molecular weight is 432 g/mol. The predicted molar refractivity (Wildman–Crippen MR) is 115 cm³/mol. The number of Topliss-reactive ketones (excluding diaryl/α,β-unsaturated/α-hetero) is 1. The van der Waals surface area contributed by atoms with E-state index in [4.69, 9.17) is 10.2 Å². The second-order valence-corrected chi connectivity index (χ2v) is 8.92. The average Bonchev–Trinajstić information content (AvgIpc) is 3.15. The van der Waals surface area contributed by atoms with Crippen LogP contribution in [-0.2, 0) is 4.79 Å². The third kappa shape index (κ3) is 3.62. The number of nitriles is 1. The fourth-order valence-electron chi connectivity index (χ4n) is 4.31. The van der Waals surface area contributed by atoms with Crippen LogP contribution in [0, 0.1) is 23.7 Å². The van der Waals surface area contributed by atoms with Gasteiger partial charge >= 0.3 is 0 Å². The third-order valence-electron chi connectivity index (χ3n) is 5.77. The summed E-state index contributed by atoms with van der Waals surface area (Å²) in [6.45, 7) is 5.73. The number of phenols is 1. The lowest BCUT2D eigenvalue weighted by atomic mass is 9.70. The quantitative estimate of drug-likeness (QED) is 0.677. The number of nitrogens with two attached hydrogens (primary N) is 1. The number of carbonyl (C=O) groups excluding carboxylic acids is 2. The Hall–Kier alpha value is -3.99. The number of aromatic hydroxyl groups is 1. The molecule has 0 saturated heterocycles. The Kier molecular flexibility index (Phi) is 5.05. The minimum absolute atomic E-state index is 0.0342. The van der Waals surface area contributed by atoms with Crippen LogP contribution in [-0.4, -0.2) is 21.8 Å². The van der Waals surface area contributed by atoms with Gasteiger partial charge in [-0.2, -0.15) is 5.26 Å². The molecular formula is C24H24N4O4. The van der Waals surface area contributed by atoms with Gasteiger partial charge in [0.1, 0.15) is 23.1 Å². The smallest absolute Gasteiger partial charge is 0.270 e. The third-order valence-corrected chi connectivity index (χ3v) is 5.77. The van der Waals surface area contributed by atoms with Crippen molar-refractivity contribution in [1.82, 2.24) is 10.4 Å². The van der Waals surface area contributed by atoms with Crippen molar-refractivity contribution >= 4 is 11.7 Å². The Bertz CT molecular complexity index is 1210. The monoisotopic (exact) mass is 432 g/mol. The molecule has 1 unspecified atom stereocenters. The number of phenolic OH excluding ortho intramolecular Hbond substituents is 1. The topological polar surface area (TPSA) is 133 Å². The molecule has 2 aromatic rings. The van der Waals surface area contributed by atoms with Gasteiger partial charge in [0, 0.05) is 17.6 Å². The maximum Gasteiger partial charge on any atom is 0.270 e. The lowest BCUT2D eigenvalue weighted by Crippen LogP contribution is -2.49. The number of hydrazine groups is 1. The number of nitrogens with zero attached hydrogens (tertiary/aromatic N) is 2. The van der Waals surface area contributed by atoms with E-state index in [0.717, 1.165) is 0 Å². The molecule has 0 bridgehead atoms. The van der Waals surface area contributed by atoms with Crippen molar-refractivity contribution in [2.75, 3.05) is 0 Å². The number of allylic oxidation sites excluding steroid dienone is 3. The fraction of sp³-hybridized carbons (Fsp3) is 0.292. The van der Waals surface area contributed by atoms with Gasteiger partial charge in [-0.1, -0.05) is 13.8 Å². The minimum atomic E-state index is -0.728. The summed E-state index contributed by atoms with van der Waals surface area (Å²) in [6, 6.07) is 11.4. The van der Waals surface area contributed by atoms with Crippen LogP contribution < -0.4 is 11.2 Å². The SMILES string of the molecule is Cc1ccc(C2C(C#N)=C(N)N(NC(=O)c3ccc(O)cc3)C3=C2C(=O)CC(C)(C)C3)o1. The summed E-state index contributed by atoms with van der Waals surface area (Å²) in [7, 11) is 0. The van der Waals surface area contributed by atoms with Crippen molar-refractivity contribution in [3.63, 3.8) is 0 Å². The standard InChI is InChI=1S/C24H24N4O4/c1-13-4-9-19(32-13)20-16(12-25)22(26)28(17-10-24(2,3)11-18(30)21(17)20)27-23(31)14-5-7-15(29)8-6-14/h4-9,20,29H,10-11,26H2,1-3H3,(H,27,31). The van der Waals surface area contributed by atoms with Gasteiger partial charge in [0.15, 0.2) is 5.78 Å². The van der Waals surface area contributed by atoms with Gasteiger partial charge in [-0.3, -0.25) is 15.0 Å². The van der Waals surface area contributed by atoms with E-state index in [1.54, 1.807) is 19.1 Å². The Morgan fingerprint density at radius 3 is 2.53 bits per heavy atom. The van der Waals surface area contributed by atoms with Crippen molar-refractivity contribution in [1.29, 1.82) is 5.26 Å². The Morgan fingerprint density at radius 1 is 1.25 bits per heavy atom. The molecular weight excluding hydrogens is 408 g/mol. The first kappa shape index (κ1) is 21.2. The van der Waals surface area contributed by atoms with Gasteiger partial charge in [0.2, 0.25) is 0 Å². The summed E-state index contributed by atoms with van der Waals surface area (Å²) in [4.78, 5) is 26.2. The van der Waals surface area contributed by atoms with E-state index in [0.29, 0.717) is 41.2 Å². The van der Waals surface area contributed by atoms with Gasteiger partial charge in [-0.15, -0.1) is 0 Å². The van der Waals surface area contributed by atoms with E-state index in [1.165, 1.54) is 29.3 Å². The lowest BCUT2D eigenvalue weighted by molar-refractivity contribution is -0.118. The summed E-state index contributed by atoms with van der Waals surface area (Å²) >= 11 is 0. The minimum Gasteiger partial charge on any atom is -0.508 e. The van der Waals surface area contributed by atoms with Crippen LogP contribution in [0.1, 0.15) is 54.5 Å². The fourth-order valence-corrected chi connectivity index (χ4v) is 4.31. The highest BCUT2D eigenvalue weighted by molar-refractivity contribution is 6.00. The van der Waals surface area contributed by atoms with Gasteiger partial charge in [0.25, 0.3) is 5.91 Å². The molecule has 1 aliphatic heterocycles. The first-order valence-corrected chi connectivity index (χ1v) is 10.2. The number of rotatable bonds is 3. The number of hydrogen-bond acceptors (Lipinski definition) is 7. The van der Waals surface area contributed by atoms with Crippen LogP contribution in [0.2, 0.25) is 0 Å². The first-order chi connectivity index (χ1) is 15.1. The summed E-state index contributed by atoms with van der Waals surface area (Å²) in [6.07, 6.45) is 0.778. The maximum atomic E-state index is 13.3. The van der Waals surface area contributed by atoms with Crippen molar-refractivity contribution in [3.05, 3.63) is 76.1 Å². The molecule has 0 fully saturated rings. The zero-order chi connectivity index (χ0) is 23.2. The van der Waals surface area contributed by atoms with E-state index in [2.05, 4.69) is 11.5 Å². The van der Waals surface area contributed by atoms with E-state index in [-0.39, 0.29) is 28.3 Å². The summed E-state index contributed by atoms with van der Waals surface area (Å²) in [5.41, 5.74) is 10.2. The van der Waals surface area contributed by atoms with E-state index in [1.807, 2.05) is 13.8 Å². The highest BCUT2D eigenvalue weighted by atomic mass is 16.3. The maximum absolute atomic E-state index is 13.3. The molecule has 1 atom stereocenters. The molecule has 1 amide bonds. The van der Waals surface area contributed by atoms with Gasteiger partial charge in [-0.25, -0.2) is 5.01 Å². The number of amides is 1. The largest absolute Gasteiger partial charge is 0.508 e. The van der Waals surface area contributed by atoms with Gasteiger partial charge < -0.3 is 15.3 Å². The van der Waals surface area contributed by atoms with E-state index in [9.17, 15) is 20.0 Å². The number of benzene rings is 1. The molecule has 8 heteroatoms. The second-order valence-electron chi connectivity index (χ2n) is 8.92. The molecule has 32 heavy (non-hydrogen) atoms. The molecule has 164 valence electrons. The first-order valence-electron chi connectivity index (χ1n) is 10.2. The Balaban J connectivity index is 1.84. The van der Waals surface area contributed by atoms with Crippen LogP contribution in [0.4, 0.5) is 0 Å². The van der Waals surface area contributed by atoms with Crippen LogP contribution in [0.5, 0.6) is 5.75 Å². The molecule has 1 aliphatic carbocycles. The predicted octanol–water partition coefficient (Wildman–Crippen LogP) is 3.37. The second kappa shape index (κ2) is 7.61. The van der Waals surface area contributed by atoms with Crippen molar-refractivity contribution < 1.29 is 19.1 Å². The molecule has 4 N–H and O–H groups in total. The Morgan fingerprint density at radius 2 is 1.94 bits per heavy atom. The lowest BCUT2D eigenvalue weighted by Gasteiger charge is -2.42. The zero-order valence-corrected chi connectivity index (χ0v) is 18.1. The van der Waals surface area contributed by atoms with Gasteiger partial charge in [0.05, 0.1) is 23.3 Å². The molecule has 2 aliphatic rings. The highest BCUT2D eigenvalue weighted by Crippen LogP contribution is 2.48. The number of ketones is 1. The molecule has 1 aromatic heterocycles. The number of aryl methyl sites for hydroxylation is 1. The molecule has 0 spiro atoms. The molecule has 1 aromatic carbocycles. The van der Waals surface area contributed by atoms with Crippen LogP contribution in [0.15, 0.2) is 63.5 Å². The number of furan rings is 1. The van der Waals surface area contributed by atoms with Crippen molar-refractivity contribution in [3.8, 4) is 11.8 Å². The van der Waals surface area contributed by atoms with Gasteiger partial charge in [-0.05, 0) is 55.2 Å². The van der Waals surface area contributed by atoms with E-state index >= 15 is 0 Å². The van der Waals surface area contributed by atoms with Crippen LogP contribution in [0.3, 0.4) is 0 Å².